The Labute approximate surface area is 212 Å². The average Bonchev–Trinajstić information content (AvgIpc) is 3.45. The molecule has 1 unspecified atom stereocenters. The number of aryl methyl sites for hydroxylation is 1. The molecule has 0 aliphatic heterocycles. The van der Waals surface area contributed by atoms with Crippen molar-refractivity contribution >= 4 is 0 Å². The number of halogens is 3. The molecule has 194 valence electrons. The molecule has 1 aliphatic carbocycles. The first-order valence-electron chi connectivity index (χ1n) is 12.0. The molecule has 37 heavy (non-hydrogen) atoms. The monoisotopic (exact) mass is 512 g/mol. The van der Waals surface area contributed by atoms with Crippen LogP contribution in [0.5, 0.6) is 11.8 Å². The zero-order valence-corrected chi connectivity index (χ0v) is 21.0. The molecule has 1 atom stereocenters. The van der Waals surface area contributed by atoms with Crippen LogP contribution in [0.2, 0.25) is 0 Å². The predicted molar refractivity (Wildman–Crippen MR) is 130 cm³/mol. The van der Waals surface area contributed by atoms with Crippen LogP contribution in [0.15, 0.2) is 43.0 Å². The van der Waals surface area contributed by atoms with E-state index >= 15 is 0 Å². The van der Waals surface area contributed by atoms with Crippen molar-refractivity contribution in [3.05, 3.63) is 59.9 Å². The second-order valence-corrected chi connectivity index (χ2v) is 8.97. The Kier molecular flexibility index (Phi) is 6.38. The second kappa shape index (κ2) is 9.53. The van der Waals surface area contributed by atoms with E-state index in [0.29, 0.717) is 23.9 Å². The Morgan fingerprint density at radius 1 is 1.11 bits per heavy atom. The van der Waals surface area contributed by atoms with Crippen molar-refractivity contribution in [2.75, 3.05) is 14.2 Å². The third kappa shape index (κ3) is 4.65. The molecule has 1 saturated carbocycles. The summed E-state index contributed by atoms with van der Waals surface area (Å²) in [7, 11) is 3.10. The van der Waals surface area contributed by atoms with E-state index in [1.165, 1.54) is 10.9 Å². The molecule has 8 nitrogen and oxygen atoms in total. The van der Waals surface area contributed by atoms with Crippen LogP contribution in [0.3, 0.4) is 0 Å². The van der Waals surface area contributed by atoms with Gasteiger partial charge in [0, 0.05) is 36.5 Å². The van der Waals surface area contributed by atoms with Crippen molar-refractivity contribution in [1.82, 2.24) is 29.3 Å². The number of hydrogen-bond donors (Lipinski definition) is 0. The fraction of sp³-hybridized carbons (Fsp3) is 0.385. The minimum atomic E-state index is -4.54. The topological polar surface area (TPSA) is 79.9 Å². The smallest absolute Gasteiger partial charge is 0.434 e. The van der Waals surface area contributed by atoms with Crippen LogP contribution in [0.1, 0.15) is 55.6 Å². The number of aromatic nitrogens is 6. The third-order valence-corrected chi connectivity index (χ3v) is 6.63. The van der Waals surface area contributed by atoms with Crippen LogP contribution >= 0.6 is 0 Å². The molecule has 3 aromatic heterocycles. The highest BCUT2D eigenvalue weighted by atomic mass is 19.4. The van der Waals surface area contributed by atoms with E-state index in [9.17, 15) is 13.2 Å². The number of methoxy groups -OCH3 is 2. The summed E-state index contributed by atoms with van der Waals surface area (Å²) in [6, 6.07) is 7.07. The predicted octanol–water partition coefficient (Wildman–Crippen LogP) is 5.75. The Bertz CT molecular complexity index is 1420. The van der Waals surface area contributed by atoms with Crippen LogP contribution in [-0.2, 0) is 12.7 Å². The van der Waals surface area contributed by atoms with Gasteiger partial charge in [0.2, 0.25) is 11.8 Å². The summed E-state index contributed by atoms with van der Waals surface area (Å²) in [6.45, 7) is 4.11. The van der Waals surface area contributed by atoms with Gasteiger partial charge in [0.15, 0.2) is 5.69 Å². The van der Waals surface area contributed by atoms with E-state index in [1.807, 2.05) is 25.3 Å². The number of rotatable bonds is 8. The Morgan fingerprint density at radius 3 is 2.51 bits per heavy atom. The minimum Gasteiger partial charge on any atom is -0.480 e. The lowest BCUT2D eigenvalue weighted by molar-refractivity contribution is -0.140. The molecular formula is C26H27F3N6O2. The summed E-state index contributed by atoms with van der Waals surface area (Å²) in [4.78, 5) is 12.9. The maximum atomic E-state index is 13.5. The van der Waals surface area contributed by atoms with Crippen molar-refractivity contribution in [3.8, 4) is 34.3 Å². The molecule has 0 N–H and O–H groups in total. The average molecular weight is 513 g/mol. The second-order valence-electron chi connectivity index (χ2n) is 8.97. The van der Waals surface area contributed by atoms with E-state index in [1.54, 1.807) is 38.0 Å². The lowest BCUT2D eigenvalue weighted by Crippen LogP contribution is -2.11. The van der Waals surface area contributed by atoms with Gasteiger partial charge in [-0.2, -0.15) is 13.2 Å². The standard InChI is InChI=1S/C26H27F3N6O2/c1-5-34-13-20(26(27,28)29)32-24(34)17-8-9-18(15(2)35-11-10-21(33-35)36-3)19(12-17)22-23(16-6-7-16)30-14-31-25(22)37-4/h8-16H,5-7H2,1-4H3. The highest BCUT2D eigenvalue weighted by Gasteiger charge is 2.35. The number of ether oxygens (including phenoxy) is 2. The Hall–Kier alpha value is -3.89. The van der Waals surface area contributed by atoms with Crippen LogP contribution in [-0.4, -0.2) is 43.5 Å². The number of hydrogen-bond acceptors (Lipinski definition) is 6. The van der Waals surface area contributed by atoms with E-state index in [0.717, 1.165) is 41.4 Å². The van der Waals surface area contributed by atoms with Crippen molar-refractivity contribution in [3.63, 3.8) is 0 Å². The molecule has 4 aromatic rings. The highest BCUT2D eigenvalue weighted by Crippen LogP contribution is 2.47. The minimum absolute atomic E-state index is 0.235. The molecule has 1 aromatic carbocycles. The zero-order chi connectivity index (χ0) is 26.3. The van der Waals surface area contributed by atoms with E-state index in [4.69, 9.17) is 9.47 Å². The maximum Gasteiger partial charge on any atom is 0.434 e. The zero-order valence-electron chi connectivity index (χ0n) is 21.0. The van der Waals surface area contributed by atoms with E-state index < -0.39 is 11.9 Å². The van der Waals surface area contributed by atoms with Gasteiger partial charge in [0.1, 0.15) is 12.2 Å². The van der Waals surface area contributed by atoms with E-state index in [2.05, 4.69) is 20.1 Å². The molecular weight excluding hydrogens is 485 g/mol. The molecule has 0 radical (unpaired) electrons. The molecule has 0 saturated heterocycles. The number of nitrogens with zero attached hydrogens (tertiary/aromatic N) is 6. The van der Waals surface area contributed by atoms with E-state index in [-0.39, 0.29) is 17.8 Å². The fourth-order valence-electron chi connectivity index (χ4n) is 4.54. The van der Waals surface area contributed by atoms with Crippen LogP contribution in [0, 0.1) is 0 Å². The highest BCUT2D eigenvalue weighted by molar-refractivity contribution is 5.79. The van der Waals surface area contributed by atoms with Crippen molar-refractivity contribution < 1.29 is 22.6 Å². The van der Waals surface area contributed by atoms with Crippen molar-refractivity contribution in [2.45, 2.75) is 51.4 Å². The quantitative estimate of drug-likeness (QED) is 0.299. The Morgan fingerprint density at radius 2 is 1.89 bits per heavy atom. The number of benzene rings is 1. The summed E-state index contributed by atoms with van der Waals surface area (Å²) in [5.41, 5.74) is 2.87. The molecule has 3 heterocycles. The summed E-state index contributed by atoms with van der Waals surface area (Å²) in [5.74, 6) is 1.40. The first kappa shape index (κ1) is 24.8. The molecule has 5 rings (SSSR count). The maximum absolute atomic E-state index is 13.5. The molecule has 1 fully saturated rings. The number of imidazole rings is 1. The fourth-order valence-corrected chi connectivity index (χ4v) is 4.54. The largest absolute Gasteiger partial charge is 0.480 e. The summed E-state index contributed by atoms with van der Waals surface area (Å²) in [5, 5.41) is 4.48. The molecule has 0 spiro atoms. The van der Waals surface area contributed by atoms with Crippen molar-refractivity contribution in [2.24, 2.45) is 0 Å². The molecule has 0 amide bonds. The van der Waals surface area contributed by atoms with Crippen molar-refractivity contribution in [1.29, 1.82) is 0 Å². The Balaban J connectivity index is 1.73. The first-order chi connectivity index (χ1) is 17.7. The van der Waals surface area contributed by atoms with Gasteiger partial charge in [-0.3, -0.25) is 4.68 Å². The van der Waals surface area contributed by atoms with Gasteiger partial charge >= 0.3 is 6.18 Å². The SMILES string of the molecule is CCn1cc(C(F)(F)F)nc1-c1ccc(C(C)n2ccc(OC)n2)c(-c2c(OC)ncnc2C2CC2)c1. The van der Waals surface area contributed by atoms with Gasteiger partial charge in [-0.25, -0.2) is 15.0 Å². The van der Waals surface area contributed by atoms with Gasteiger partial charge in [0.05, 0.1) is 31.5 Å². The van der Waals surface area contributed by atoms with Gasteiger partial charge in [-0.05, 0) is 43.9 Å². The lowest BCUT2D eigenvalue weighted by atomic mass is 9.91. The first-order valence-corrected chi connectivity index (χ1v) is 12.0. The van der Waals surface area contributed by atoms with Gasteiger partial charge in [-0.15, -0.1) is 5.10 Å². The van der Waals surface area contributed by atoms with Gasteiger partial charge < -0.3 is 14.0 Å². The van der Waals surface area contributed by atoms with Crippen LogP contribution in [0.4, 0.5) is 13.2 Å². The van der Waals surface area contributed by atoms with Gasteiger partial charge in [0.25, 0.3) is 0 Å². The summed E-state index contributed by atoms with van der Waals surface area (Å²) in [6.07, 6.45) is 1.82. The number of alkyl halides is 3. The summed E-state index contributed by atoms with van der Waals surface area (Å²) < 4.78 is 54.6. The third-order valence-electron chi connectivity index (χ3n) is 6.63. The molecule has 11 heteroatoms. The lowest BCUT2D eigenvalue weighted by Gasteiger charge is -2.21. The molecule has 1 aliphatic rings. The summed E-state index contributed by atoms with van der Waals surface area (Å²) >= 11 is 0. The molecule has 0 bridgehead atoms. The normalized spacial score (nSPS) is 14.6. The van der Waals surface area contributed by atoms with Crippen LogP contribution < -0.4 is 9.47 Å². The van der Waals surface area contributed by atoms with Gasteiger partial charge in [-0.1, -0.05) is 12.1 Å². The van der Waals surface area contributed by atoms with Crippen LogP contribution in [0.25, 0.3) is 22.5 Å².